The molecule has 216 valence electrons. The van der Waals surface area contributed by atoms with Gasteiger partial charge in [0.2, 0.25) is 0 Å². The van der Waals surface area contributed by atoms with Crippen LogP contribution in [0.25, 0.3) is 11.1 Å². The molecule has 41 heavy (non-hydrogen) atoms. The minimum atomic E-state index is -4.31. The first-order valence-electron chi connectivity index (χ1n) is 15.2. The predicted molar refractivity (Wildman–Crippen MR) is 157 cm³/mol. The van der Waals surface area contributed by atoms with Crippen molar-refractivity contribution in [1.82, 2.24) is 15.6 Å². The number of nitrogens with zero attached hydrogens (tertiary/aromatic N) is 3. The van der Waals surface area contributed by atoms with Gasteiger partial charge in [-0.1, -0.05) is 25.0 Å². The lowest BCUT2D eigenvalue weighted by molar-refractivity contribution is -0.137. The van der Waals surface area contributed by atoms with Gasteiger partial charge < -0.3 is 20.4 Å². The molecule has 2 N–H and O–H groups in total. The highest BCUT2D eigenvalue weighted by molar-refractivity contribution is 5.68. The topological polar surface area (TPSA) is 43.4 Å². The molecule has 1 aromatic heterocycles. The van der Waals surface area contributed by atoms with Gasteiger partial charge in [0.1, 0.15) is 5.82 Å². The maximum atomic E-state index is 13.2. The molecule has 3 fully saturated rings. The Balaban J connectivity index is 1.18. The van der Waals surface area contributed by atoms with Gasteiger partial charge in [-0.2, -0.15) is 13.2 Å². The number of pyridine rings is 1. The lowest BCUT2D eigenvalue weighted by Crippen LogP contribution is -2.56. The Bertz CT molecular complexity index is 1370. The molecule has 2 aromatic carbocycles. The summed E-state index contributed by atoms with van der Waals surface area (Å²) < 4.78 is 39.5. The second-order valence-corrected chi connectivity index (χ2v) is 12.2. The number of benzene rings is 2. The third kappa shape index (κ3) is 5.32. The van der Waals surface area contributed by atoms with Crippen LogP contribution in [0.2, 0.25) is 0 Å². The van der Waals surface area contributed by atoms with Gasteiger partial charge in [-0.05, 0) is 96.9 Å². The molecular weight excluding hydrogens is 523 g/mol. The summed E-state index contributed by atoms with van der Waals surface area (Å²) in [4.78, 5) is 9.88. The summed E-state index contributed by atoms with van der Waals surface area (Å²) in [7, 11) is 0. The first-order valence-corrected chi connectivity index (χ1v) is 15.2. The molecule has 0 radical (unpaired) electrons. The van der Waals surface area contributed by atoms with Crippen LogP contribution in [-0.2, 0) is 19.1 Å². The zero-order valence-electron chi connectivity index (χ0n) is 23.3. The lowest BCUT2D eigenvalue weighted by atomic mass is 9.86. The SMILES string of the molecule is FC(F)(F)c1ccc(N2CCC3C(CNC4CCCCC4N3c3cc(-c4ccc5c(c4)CNCC5)ccn3)C2)cc1. The van der Waals surface area contributed by atoms with Crippen molar-refractivity contribution in [2.75, 3.05) is 36.0 Å². The molecule has 3 aromatic rings. The maximum absolute atomic E-state index is 13.2. The maximum Gasteiger partial charge on any atom is 0.416 e. The first kappa shape index (κ1) is 26.8. The van der Waals surface area contributed by atoms with Crippen molar-refractivity contribution in [2.24, 2.45) is 5.92 Å². The van der Waals surface area contributed by atoms with Crippen molar-refractivity contribution in [2.45, 2.75) is 69.4 Å². The van der Waals surface area contributed by atoms with E-state index in [4.69, 9.17) is 4.98 Å². The van der Waals surface area contributed by atoms with E-state index in [-0.39, 0.29) is 0 Å². The van der Waals surface area contributed by atoms with Crippen molar-refractivity contribution in [3.8, 4) is 11.1 Å². The van der Waals surface area contributed by atoms with E-state index in [1.807, 2.05) is 6.20 Å². The molecule has 4 unspecified atom stereocenters. The van der Waals surface area contributed by atoms with E-state index in [1.165, 1.54) is 53.6 Å². The monoisotopic (exact) mass is 561 g/mol. The Labute approximate surface area is 240 Å². The summed E-state index contributed by atoms with van der Waals surface area (Å²) in [6.07, 6.45) is 4.47. The van der Waals surface area contributed by atoms with E-state index in [0.29, 0.717) is 24.0 Å². The molecule has 0 spiro atoms. The molecular formula is C33H38F3N5. The minimum Gasteiger partial charge on any atom is -0.371 e. The van der Waals surface area contributed by atoms with E-state index in [1.54, 1.807) is 12.1 Å². The molecule has 1 saturated carbocycles. The smallest absolute Gasteiger partial charge is 0.371 e. The second-order valence-electron chi connectivity index (χ2n) is 12.2. The fourth-order valence-corrected chi connectivity index (χ4v) is 7.65. The van der Waals surface area contributed by atoms with E-state index < -0.39 is 11.7 Å². The highest BCUT2D eigenvalue weighted by Gasteiger charge is 2.43. The quantitative estimate of drug-likeness (QED) is 0.409. The molecule has 1 aliphatic carbocycles. The minimum absolute atomic E-state index is 0.330. The van der Waals surface area contributed by atoms with Crippen LogP contribution >= 0.6 is 0 Å². The Morgan fingerprint density at radius 1 is 0.854 bits per heavy atom. The summed E-state index contributed by atoms with van der Waals surface area (Å²) in [5.41, 5.74) is 5.53. The molecule has 5 nitrogen and oxygen atoms in total. The van der Waals surface area contributed by atoms with Gasteiger partial charge in [0.25, 0.3) is 0 Å². The number of alkyl halides is 3. The summed E-state index contributed by atoms with van der Waals surface area (Å²) in [5.74, 6) is 1.40. The summed E-state index contributed by atoms with van der Waals surface area (Å²) in [5, 5.41) is 7.41. The average molecular weight is 562 g/mol. The number of rotatable bonds is 3. The molecule has 4 heterocycles. The Morgan fingerprint density at radius 3 is 2.54 bits per heavy atom. The van der Waals surface area contributed by atoms with Crippen LogP contribution in [0.15, 0.2) is 60.8 Å². The van der Waals surface area contributed by atoms with Crippen LogP contribution in [0.5, 0.6) is 0 Å². The third-order valence-corrected chi connectivity index (χ3v) is 9.78. The van der Waals surface area contributed by atoms with E-state index in [2.05, 4.69) is 50.8 Å². The van der Waals surface area contributed by atoms with E-state index in [9.17, 15) is 13.2 Å². The van der Waals surface area contributed by atoms with Crippen molar-refractivity contribution in [3.05, 3.63) is 77.5 Å². The number of aromatic nitrogens is 1. The number of halogens is 3. The molecule has 2 saturated heterocycles. The molecule has 0 bridgehead atoms. The van der Waals surface area contributed by atoms with Crippen molar-refractivity contribution in [3.63, 3.8) is 0 Å². The van der Waals surface area contributed by atoms with Gasteiger partial charge in [0.05, 0.1) is 5.56 Å². The molecule has 8 heteroatoms. The first-order chi connectivity index (χ1) is 19.9. The summed E-state index contributed by atoms with van der Waals surface area (Å²) in [6, 6.07) is 18.1. The zero-order chi connectivity index (χ0) is 28.0. The van der Waals surface area contributed by atoms with Crippen LogP contribution in [0.3, 0.4) is 0 Å². The molecule has 0 amide bonds. The highest BCUT2D eigenvalue weighted by atomic mass is 19.4. The Morgan fingerprint density at radius 2 is 1.68 bits per heavy atom. The van der Waals surface area contributed by atoms with Crippen LogP contribution in [0, 0.1) is 5.92 Å². The zero-order valence-corrected chi connectivity index (χ0v) is 23.3. The van der Waals surface area contributed by atoms with Crippen LogP contribution in [0.1, 0.15) is 48.8 Å². The molecule has 3 aliphatic heterocycles. The standard InChI is InChI=1S/C33H38F3N5/c34-33(35,36)27-7-9-28(10-8-27)40-16-13-30-26(21-40)20-39-29-3-1-2-4-31(29)41(30)32-18-24(12-15-38-32)23-6-5-22-11-14-37-19-25(22)17-23/h5-10,12,15,17-18,26,29-31,37,39H,1-4,11,13-14,16,19-21H2. The van der Waals surface area contributed by atoms with Crippen LogP contribution in [0.4, 0.5) is 24.7 Å². The Kier molecular flexibility index (Phi) is 7.15. The lowest BCUT2D eigenvalue weighted by Gasteiger charge is -2.47. The predicted octanol–water partition coefficient (Wildman–Crippen LogP) is 6.03. The molecule has 4 atom stereocenters. The molecule has 7 rings (SSSR count). The van der Waals surface area contributed by atoms with Gasteiger partial charge in [-0.15, -0.1) is 0 Å². The number of piperidine rings is 1. The van der Waals surface area contributed by atoms with Crippen LogP contribution < -0.4 is 20.4 Å². The molecule has 4 aliphatic rings. The number of hydrogen-bond acceptors (Lipinski definition) is 5. The fourth-order valence-electron chi connectivity index (χ4n) is 7.65. The Hall–Kier alpha value is -3.10. The summed E-state index contributed by atoms with van der Waals surface area (Å²) >= 11 is 0. The number of anilines is 2. The van der Waals surface area contributed by atoms with Crippen molar-refractivity contribution >= 4 is 11.5 Å². The van der Waals surface area contributed by atoms with E-state index in [0.717, 1.165) is 63.5 Å². The largest absolute Gasteiger partial charge is 0.416 e. The van der Waals surface area contributed by atoms with E-state index >= 15 is 0 Å². The van der Waals surface area contributed by atoms with Crippen LogP contribution in [-0.4, -0.2) is 49.3 Å². The van der Waals surface area contributed by atoms with Crippen molar-refractivity contribution < 1.29 is 13.2 Å². The average Bonchev–Trinajstić information content (AvgIpc) is 3.17. The number of hydrogen-bond donors (Lipinski definition) is 2. The van der Waals surface area contributed by atoms with Gasteiger partial charge in [-0.25, -0.2) is 4.98 Å². The highest BCUT2D eigenvalue weighted by Crippen LogP contribution is 2.39. The van der Waals surface area contributed by atoms with Gasteiger partial charge in [0, 0.05) is 62.1 Å². The van der Waals surface area contributed by atoms with Gasteiger partial charge in [0.15, 0.2) is 0 Å². The van der Waals surface area contributed by atoms with Crippen molar-refractivity contribution in [1.29, 1.82) is 0 Å². The van der Waals surface area contributed by atoms with Gasteiger partial charge >= 0.3 is 6.18 Å². The third-order valence-electron chi connectivity index (χ3n) is 9.78. The second kappa shape index (κ2) is 11.0. The fraction of sp³-hybridized carbons (Fsp3) is 0.485. The number of nitrogens with one attached hydrogen (secondary N) is 2. The normalized spacial score (nSPS) is 26.5. The number of fused-ring (bicyclic) bond motifs is 3. The van der Waals surface area contributed by atoms with Gasteiger partial charge in [-0.3, -0.25) is 0 Å². The summed E-state index contributed by atoms with van der Waals surface area (Å²) in [6.45, 7) is 4.50.